The van der Waals surface area contributed by atoms with Gasteiger partial charge < -0.3 is 4.74 Å². The monoisotopic (exact) mass is 290 g/mol. The van der Waals surface area contributed by atoms with Gasteiger partial charge in [-0.15, -0.1) is 0 Å². The van der Waals surface area contributed by atoms with Gasteiger partial charge in [0, 0.05) is 12.6 Å². The van der Waals surface area contributed by atoms with Crippen LogP contribution in [-0.4, -0.2) is 38.6 Å². The summed E-state index contributed by atoms with van der Waals surface area (Å²) >= 11 is 0. The first-order valence-corrected chi connectivity index (χ1v) is 6.71. The maximum atomic E-state index is 12.1. The summed E-state index contributed by atoms with van der Waals surface area (Å²) in [6, 6.07) is 3.40. The van der Waals surface area contributed by atoms with Crippen molar-refractivity contribution < 1.29 is 22.9 Å². The number of sulfonamides is 1. The topological polar surface area (TPSA) is 99.0 Å². The maximum absolute atomic E-state index is 12.1. The fourth-order valence-corrected chi connectivity index (χ4v) is 2.76. The van der Waals surface area contributed by atoms with Crippen molar-refractivity contribution in [3.8, 4) is 5.75 Å². The highest BCUT2D eigenvalue weighted by atomic mass is 32.2. The van der Waals surface area contributed by atoms with Crippen molar-refractivity contribution in [2.24, 2.45) is 0 Å². The van der Waals surface area contributed by atoms with Gasteiger partial charge in [0.2, 0.25) is 0 Å². The Bertz CT molecular complexity index is 567. The molecule has 0 bridgehead atoms. The van der Waals surface area contributed by atoms with E-state index in [1.54, 1.807) is 6.92 Å². The molecule has 0 heterocycles. The van der Waals surface area contributed by atoms with E-state index in [-0.39, 0.29) is 17.2 Å². The predicted octanol–water partition coefficient (Wildman–Crippen LogP) is 1.18. The van der Waals surface area contributed by atoms with Crippen molar-refractivity contribution in [1.29, 1.82) is 0 Å². The molecule has 0 radical (unpaired) electrons. The zero-order valence-electron chi connectivity index (χ0n) is 10.7. The Kier molecular flexibility index (Phi) is 4.81. The smallest absolute Gasteiger partial charge is 0.312 e. The summed E-state index contributed by atoms with van der Waals surface area (Å²) < 4.78 is 29.8. The van der Waals surface area contributed by atoms with Crippen molar-refractivity contribution >= 4 is 15.7 Å². The Balaban J connectivity index is 3.37. The zero-order chi connectivity index (χ0) is 14.6. The lowest BCUT2D eigenvalue weighted by molar-refractivity contribution is -0.386. The summed E-state index contributed by atoms with van der Waals surface area (Å²) in [5.74, 6) is -0.00980. The Morgan fingerprint density at radius 1 is 1.37 bits per heavy atom. The standard InChI is InChI=1S/C10H14N2O6S/c1-4-11(18-3)19(15,16)8-5-6-10(17-2)9(7-8)12(13)14/h5-7H,4H2,1-3H3. The van der Waals surface area contributed by atoms with E-state index in [1.807, 2.05) is 0 Å². The number of ether oxygens (including phenoxy) is 1. The molecule has 0 saturated heterocycles. The van der Waals surface area contributed by atoms with Gasteiger partial charge in [-0.25, -0.2) is 8.42 Å². The fraction of sp³-hybridized carbons (Fsp3) is 0.400. The Hall–Kier alpha value is -1.71. The van der Waals surface area contributed by atoms with Crippen molar-refractivity contribution in [3.05, 3.63) is 28.3 Å². The number of methoxy groups -OCH3 is 1. The van der Waals surface area contributed by atoms with E-state index < -0.39 is 20.6 Å². The highest BCUT2D eigenvalue weighted by molar-refractivity contribution is 7.89. The molecule has 0 amide bonds. The molecular formula is C10H14N2O6S. The van der Waals surface area contributed by atoms with Gasteiger partial charge >= 0.3 is 5.69 Å². The molecule has 9 heteroatoms. The van der Waals surface area contributed by atoms with Crippen LogP contribution in [0.2, 0.25) is 0 Å². The summed E-state index contributed by atoms with van der Waals surface area (Å²) in [5, 5.41) is 10.9. The minimum absolute atomic E-state index is 0.00980. The number of hydroxylamine groups is 1. The van der Waals surface area contributed by atoms with Crippen molar-refractivity contribution in [1.82, 2.24) is 4.47 Å². The summed E-state index contributed by atoms with van der Waals surface area (Å²) in [7, 11) is -1.46. The van der Waals surface area contributed by atoms with Gasteiger partial charge in [0.25, 0.3) is 10.0 Å². The number of hydrogen-bond donors (Lipinski definition) is 0. The van der Waals surface area contributed by atoms with E-state index in [4.69, 9.17) is 9.57 Å². The third kappa shape index (κ3) is 3.00. The first-order chi connectivity index (χ1) is 8.88. The lowest BCUT2D eigenvalue weighted by atomic mass is 10.3. The Labute approximate surface area is 110 Å². The summed E-state index contributed by atoms with van der Waals surface area (Å²) in [4.78, 5) is 14.6. The molecule has 1 rings (SSSR count). The van der Waals surface area contributed by atoms with Crippen LogP contribution in [-0.2, 0) is 14.9 Å². The summed E-state index contributed by atoms with van der Waals surface area (Å²) in [6.07, 6.45) is 0. The van der Waals surface area contributed by atoms with Crippen LogP contribution < -0.4 is 4.74 Å². The van der Waals surface area contributed by atoms with Crippen LogP contribution in [0, 0.1) is 10.1 Å². The highest BCUT2D eigenvalue weighted by Crippen LogP contribution is 2.30. The normalized spacial score (nSPS) is 11.6. The first-order valence-electron chi connectivity index (χ1n) is 5.27. The number of hydrogen-bond acceptors (Lipinski definition) is 6. The molecule has 0 aliphatic heterocycles. The second kappa shape index (κ2) is 5.95. The Morgan fingerprint density at radius 2 is 2.00 bits per heavy atom. The molecular weight excluding hydrogens is 276 g/mol. The van der Waals surface area contributed by atoms with Gasteiger partial charge in [-0.1, -0.05) is 4.47 Å². The van der Waals surface area contributed by atoms with Crippen LogP contribution in [0.5, 0.6) is 5.75 Å². The van der Waals surface area contributed by atoms with Gasteiger partial charge in [-0.3, -0.25) is 15.0 Å². The Morgan fingerprint density at radius 3 is 2.42 bits per heavy atom. The number of nitro benzene ring substituents is 1. The number of nitro groups is 1. The molecule has 0 aliphatic rings. The first kappa shape index (κ1) is 15.3. The molecule has 0 N–H and O–H groups in total. The van der Waals surface area contributed by atoms with E-state index in [1.165, 1.54) is 26.4 Å². The van der Waals surface area contributed by atoms with E-state index in [0.717, 1.165) is 10.5 Å². The number of nitrogens with zero attached hydrogens (tertiary/aromatic N) is 2. The van der Waals surface area contributed by atoms with Crippen LogP contribution >= 0.6 is 0 Å². The maximum Gasteiger partial charge on any atom is 0.312 e. The highest BCUT2D eigenvalue weighted by Gasteiger charge is 2.27. The largest absolute Gasteiger partial charge is 0.490 e. The molecule has 19 heavy (non-hydrogen) atoms. The van der Waals surface area contributed by atoms with Gasteiger partial charge in [0.05, 0.1) is 24.0 Å². The predicted molar refractivity (Wildman–Crippen MR) is 66.2 cm³/mol. The van der Waals surface area contributed by atoms with E-state index in [2.05, 4.69) is 0 Å². The third-order valence-electron chi connectivity index (χ3n) is 2.37. The average Bonchev–Trinajstić information content (AvgIpc) is 2.38. The van der Waals surface area contributed by atoms with E-state index >= 15 is 0 Å². The molecule has 0 unspecified atom stereocenters. The van der Waals surface area contributed by atoms with Crippen LogP contribution in [0.1, 0.15) is 6.92 Å². The second-order valence-electron chi connectivity index (χ2n) is 3.40. The molecule has 0 aliphatic carbocycles. The van der Waals surface area contributed by atoms with Crippen LogP contribution in [0.3, 0.4) is 0 Å². The molecule has 0 aromatic heterocycles. The number of benzene rings is 1. The van der Waals surface area contributed by atoms with E-state index in [9.17, 15) is 18.5 Å². The number of rotatable bonds is 6. The SMILES string of the molecule is CCN(OC)S(=O)(=O)c1ccc(OC)c([N+](=O)[O-])c1. The van der Waals surface area contributed by atoms with Gasteiger partial charge in [-0.2, -0.15) is 0 Å². The lowest BCUT2D eigenvalue weighted by Gasteiger charge is -2.17. The minimum Gasteiger partial charge on any atom is -0.490 e. The lowest BCUT2D eigenvalue weighted by Crippen LogP contribution is -2.29. The van der Waals surface area contributed by atoms with Crippen LogP contribution in [0.15, 0.2) is 23.1 Å². The molecule has 1 aromatic rings. The van der Waals surface area contributed by atoms with Crippen molar-refractivity contribution in [2.45, 2.75) is 11.8 Å². The molecule has 0 saturated carbocycles. The van der Waals surface area contributed by atoms with E-state index in [0.29, 0.717) is 0 Å². The molecule has 0 spiro atoms. The van der Waals surface area contributed by atoms with Crippen LogP contribution in [0.4, 0.5) is 5.69 Å². The van der Waals surface area contributed by atoms with Gasteiger partial charge in [-0.05, 0) is 19.1 Å². The van der Waals surface area contributed by atoms with Crippen molar-refractivity contribution in [2.75, 3.05) is 20.8 Å². The molecule has 0 fully saturated rings. The molecule has 106 valence electrons. The molecule has 8 nitrogen and oxygen atoms in total. The van der Waals surface area contributed by atoms with Gasteiger partial charge in [0.1, 0.15) is 0 Å². The van der Waals surface area contributed by atoms with Crippen molar-refractivity contribution in [3.63, 3.8) is 0 Å². The second-order valence-corrected chi connectivity index (χ2v) is 5.23. The van der Waals surface area contributed by atoms with Gasteiger partial charge in [0.15, 0.2) is 5.75 Å². The van der Waals surface area contributed by atoms with Crippen LogP contribution in [0.25, 0.3) is 0 Å². The minimum atomic E-state index is -3.93. The summed E-state index contributed by atoms with van der Waals surface area (Å²) in [5.41, 5.74) is -0.421. The molecule has 1 aromatic carbocycles. The fourth-order valence-electron chi connectivity index (χ4n) is 1.49. The third-order valence-corrected chi connectivity index (χ3v) is 4.17. The molecule has 0 atom stereocenters. The zero-order valence-corrected chi connectivity index (χ0v) is 11.5. The summed E-state index contributed by atoms with van der Waals surface area (Å²) in [6.45, 7) is 1.66. The average molecular weight is 290 g/mol. The quantitative estimate of drug-likeness (QED) is 0.576.